The van der Waals surface area contributed by atoms with Crippen molar-refractivity contribution in [3.8, 4) is 11.5 Å². The van der Waals surface area contributed by atoms with Crippen LogP contribution in [0.5, 0.6) is 11.5 Å². The topological polar surface area (TPSA) is 72.7 Å². The number of hydrogen-bond donors (Lipinski definition) is 2. The van der Waals surface area contributed by atoms with Crippen LogP contribution in [-0.2, 0) is 6.54 Å². The first kappa shape index (κ1) is 18.6. The van der Waals surface area contributed by atoms with Crippen LogP contribution in [0.4, 0.5) is 0 Å². The van der Waals surface area contributed by atoms with Crippen molar-refractivity contribution >= 4 is 5.96 Å². The van der Waals surface area contributed by atoms with Crippen molar-refractivity contribution in [2.75, 3.05) is 27.2 Å². The molecule has 7 heteroatoms. The molecule has 0 aliphatic carbocycles. The molecule has 0 saturated heterocycles. The first-order chi connectivity index (χ1) is 12.2. The van der Waals surface area contributed by atoms with Gasteiger partial charge in [-0.2, -0.15) is 0 Å². The molecule has 2 rings (SSSR count). The molecule has 2 aromatic rings. The summed E-state index contributed by atoms with van der Waals surface area (Å²) in [6, 6.07) is 7.60. The molecule has 1 aromatic heterocycles. The van der Waals surface area contributed by atoms with Gasteiger partial charge in [0.2, 0.25) is 0 Å². The van der Waals surface area contributed by atoms with E-state index in [4.69, 9.17) is 9.47 Å². The predicted molar refractivity (Wildman–Crippen MR) is 99.3 cm³/mol. The van der Waals surface area contributed by atoms with E-state index in [1.807, 2.05) is 43.7 Å². The minimum Gasteiger partial charge on any atom is -0.497 e. The van der Waals surface area contributed by atoms with Gasteiger partial charge >= 0.3 is 0 Å². The highest BCUT2D eigenvalue weighted by Crippen LogP contribution is 2.19. The monoisotopic (exact) mass is 345 g/mol. The molecule has 1 unspecified atom stereocenters. The van der Waals surface area contributed by atoms with Crippen LogP contribution >= 0.6 is 0 Å². The number of guanidine groups is 1. The van der Waals surface area contributed by atoms with Crippen LogP contribution in [-0.4, -0.2) is 48.9 Å². The number of nitrogens with one attached hydrogen (secondary N) is 2. The van der Waals surface area contributed by atoms with Crippen molar-refractivity contribution in [2.45, 2.75) is 26.0 Å². The Bertz CT molecular complexity index is 643. The van der Waals surface area contributed by atoms with Crippen LogP contribution in [0.3, 0.4) is 0 Å². The van der Waals surface area contributed by atoms with Gasteiger partial charge in [0.05, 0.1) is 20.0 Å². The minimum absolute atomic E-state index is 0.00314. The molecule has 1 heterocycles. The Morgan fingerprint density at radius 1 is 1.32 bits per heavy atom. The predicted octanol–water partition coefficient (Wildman–Crippen LogP) is 1.91. The lowest BCUT2D eigenvalue weighted by molar-refractivity contribution is 0.223. The molecule has 0 aliphatic heterocycles. The van der Waals surface area contributed by atoms with Gasteiger partial charge in [0, 0.05) is 38.6 Å². The molecule has 2 N–H and O–H groups in total. The van der Waals surface area contributed by atoms with Crippen LogP contribution in [0.25, 0.3) is 0 Å². The number of benzene rings is 1. The largest absolute Gasteiger partial charge is 0.497 e. The normalized spacial score (nSPS) is 12.5. The zero-order valence-corrected chi connectivity index (χ0v) is 15.1. The standard InChI is InChI=1S/C18H27N5O2/c1-15(25-17-7-4-6-16(12-17)24-3)13-22-18(19-2)21-8-5-10-23-11-9-20-14-23/h4,6-7,9,11-12,14-15H,5,8,10,13H2,1-3H3,(H2,19,21,22). The molecule has 1 aromatic carbocycles. The Balaban J connectivity index is 1.66. The van der Waals surface area contributed by atoms with Crippen LogP contribution in [0.2, 0.25) is 0 Å². The van der Waals surface area contributed by atoms with E-state index >= 15 is 0 Å². The molecule has 0 saturated carbocycles. The van der Waals surface area contributed by atoms with Crippen molar-refractivity contribution < 1.29 is 9.47 Å². The van der Waals surface area contributed by atoms with Crippen molar-refractivity contribution in [1.29, 1.82) is 0 Å². The Kier molecular flexibility index (Phi) is 7.62. The second-order valence-electron chi connectivity index (χ2n) is 5.64. The fraction of sp³-hybridized carbons (Fsp3) is 0.444. The summed E-state index contributed by atoms with van der Waals surface area (Å²) in [5.74, 6) is 2.34. The van der Waals surface area contributed by atoms with E-state index in [0.29, 0.717) is 6.54 Å². The third-order valence-corrected chi connectivity index (χ3v) is 3.60. The van der Waals surface area contributed by atoms with E-state index in [0.717, 1.165) is 37.0 Å². The quantitative estimate of drug-likeness (QED) is 0.413. The van der Waals surface area contributed by atoms with Gasteiger partial charge < -0.3 is 24.7 Å². The number of hydrogen-bond acceptors (Lipinski definition) is 4. The van der Waals surface area contributed by atoms with Crippen molar-refractivity contribution in [1.82, 2.24) is 20.2 Å². The van der Waals surface area contributed by atoms with Crippen molar-refractivity contribution in [2.24, 2.45) is 4.99 Å². The number of imidazole rings is 1. The number of ether oxygens (including phenoxy) is 2. The third kappa shape index (κ3) is 6.74. The summed E-state index contributed by atoms with van der Waals surface area (Å²) in [6.07, 6.45) is 6.57. The summed E-state index contributed by atoms with van der Waals surface area (Å²) in [5.41, 5.74) is 0. The first-order valence-electron chi connectivity index (χ1n) is 8.42. The van der Waals surface area contributed by atoms with E-state index < -0.39 is 0 Å². The van der Waals surface area contributed by atoms with Gasteiger partial charge in [-0.3, -0.25) is 4.99 Å². The number of rotatable bonds is 9. The number of nitrogens with zero attached hydrogens (tertiary/aromatic N) is 3. The number of aromatic nitrogens is 2. The second kappa shape index (κ2) is 10.2. The summed E-state index contributed by atoms with van der Waals surface area (Å²) in [4.78, 5) is 8.26. The molecular formula is C18H27N5O2. The maximum Gasteiger partial charge on any atom is 0.191 e. The number of aliphatic imine (C=N–C) groups is 1. The summed E-state index contributed by atoms with van der Waals surface area (Å²) < 4.78 is 13.2. The van der Waals surface area contributed by atoms with Gasteiger partial charge in [0.15, 0.2) is 5.96 Å². The Labute approximate surface area is 149 Å². The molecule has 0 amide bonds. The SMILES string of the molecule is CN=C(NCCCn1ccnc1)NCC(C)Oc1cccc(OC)c1. The van der Waals surface area contributed by atoms with Gasteiger partial charge in [-0.1, -0.05) is 6.07 Å². The van der Waals surface area contributed by atoms with Gasteiger partial charge in [0.1, 0.15) is 17.6 Å². The summed E-state index contributed by atoms with van der Waals surface area (Å²) >= 11 is 0. The summed E-state index contributed by atoms with van der Waals surface area (Å²) in [6.45, 7) is 4.43. The first-order valence-corrected chi connectivity index (χ1v) is 8.42. The molecule has 0 fully saturated rings. The molecular weight excluding hydrogens is 318 g/mol. The van der Waals surface area contributed by atoms with Gasteiger partial charge in [-0.15, -0.1) is 0 Å². The number of aryl methyl sites for hydroxylation is 1. The fourth-order valence-corrected chi connectivity index (χ4v) is 2.30. The Hall–Kier alpha value is -2.70. The molecule has 0 spiro atoms. The van der Waals surface area contributed by atoms with E-state index in [-0.39, 0.29) is 6.10 Å². The Morgan fingerprint density at radius 3 is 2.88 bits per heavy atom. The van der Waals surface area contributed by atoms with Crippen LogP contribution < -0.4 is 20.1 Å². The van der Waals surface area contributed by atoms with E-state index in [1.165, 1.54) is 0 Å². The molecule has 0 aliphatic rings. The lowest BCUT2D eigenvalue weighted by atomic mass is 10.3. The van der Waals surface area contributed by atoms with Crippen molar-refractivity contribution in [3.63, 3.8) is 0 Å². The average molecular weight is 345 g/mol. The maximum absolute atomic E-state index is 5.89. The highest BCUT2D eigenvalue weighted by molar-refractivity contribution is 5.79. The van der Waals surface area contributed by atoms with E-state index in [2.05, 4.69) is 25.2 Å². The summed E-state index contributed by atoms with van der Waals surface area (Å²) in [5, 5.41) is 6.57. The van der Waals surface area contributed by atoms with E-state index in [1.54, 1.807) is 20.4 Å². The molecule has 25 heavy (non-hydrogen) atoms. The van der Waals surface area contributed by atoms with Gasteiger partial charge in [0.25, 0.3) is 0 Å². The van der Waals surface area contributed by atoms with E-state index in [9.17, 15) is 0 Å². The second-order valence-corrected chi connectivity index (χ2v) is 5.64. The molecule has 136 valence electrons. The average Bonchev–Trinajstić information content (AvgIpc) is 3.14. The molecule has 0 bridgehead atoms. The third-order valence-electron chi connectivity index (χ3n) is 3.60. The van der Waals surface area contributed by atoms with Crippen LogP contribution in [0.15, 0.2) is 48.0 Å². The minimum atomic E-state index is -0.00314. The zero-order valence-electron chi connectivity index (χ0n) is 15.1. The highest BCUT2D eigenvalue weighted by atomic mass is 16.5. The number of methoxy groups -OCH3 is 1. The lowest BCUT2D eigenvalue weighted by Gasteiger charge is -2.18. The molecule has 0 radical (unpaired) electrons. The van der Waals surface area contributed by atoms with Gasteiger partial charge in [-0.25, -0.2) is 4.98 Å². The van der Waals surface area contributed by atoms with Crippen molar-refractivity contribution in [3.05, 3.63) is 43.0 Å². The zero-order chi connectivity index (χ0) is 17.9. The van der Waals surface area contributed by atoms with Gasteiger partial charge in [-0.05, 0) is 25.5 Å². The summed E-state index contributed by atoms with van der Waals surface area (Å²) in [7, 11) is 3.41. The maximum atomic E-state index is 5.89. The Morgan fingerprint density at radius 2 is 2.16 bits per heavy atom. The fourth-order valence-electron chi connectivity index (χ4n) is 2.30. The molecule has 7 nitrogen and oxygen atoms in total. The molecule has 1 atom stereocenters. The highest BCUT2D eigenvalue weighted by Gasteiger charge is 2.06. The van der Waals surface area contributed by atoms with Crippen LogP contribution in [0.1, 0.15) is 13.3 Å². The van der Waals surface area contributed by atoms with Crippen LogP contribution in [0, 0.1) is 0 Å². The lowest BCUT2D eigenvalue weighted by Crippen LogP contribution is -2.42. The smallest absolute Gasteiger partial charge is 0.191 e.